The van der Waals surface area contributed by atoms with E-state index >= 15 is 0 Å². The molecule has 1 heterocycles. The van der Waals surface area contributed by atoms with Crippen molar-refractivity contribution in [2.24, 2.45) is 17.3 Å². The highest BCUT2D eigenvalue weighted by atomic mass is 35.5. The molecule has 0 radical (unpaired) electrons. The first-order valence-corrected chi connectivity index (χ1v) is 11.7. The van der Waals surface area contributed by atoms with Crippen molar-refractivity contribution in [1.29, 1.82) is 0 Å². The van der Waals surface area contributed by atoms with Crippen molar-refractivity contribution in [1.82, 2.24) is 10.2 Å². The summed E-state index contributed by atoms with van der Waals surface area (Å²) in [5.41, 5.74) is 2.37. The number of hydrogen-bond acceptors (Lipinski definition) is 2. The van der Waals surface area contributed by atoms with Gasteiger partial charge in [0, 0.05) is 18.1 Å². The molecular formula is C26H35ClN2O2. The smallest absolute Gasteiger partial charge is 0.245 e. The summed E-state index contributed by atoms with van der Waals surface area (Å²) in [5, 5.41) is 3.79. The average molecular weight is 443 g/mol. The van der Waals surface area contributed by atoms with Crippen LogP contribution in [0.1, 0.15) is 58.9 Å². The second kappa shape index (κ2) is 9.60. The van der Waals surface area contributed by atoms with Gasteiger partial charge < -0.3 is 10.2 Å². The van der Waals surface area contributed by atoms with Crippen molar-refractivity contribution in [3.8, 4) is 0 Å². The number of rotatable bonds is 5. The third-order valence-corrected chi connectivity index (χ3v) is 6.92. The number of allylic oxidation sites excluding steroid dienone is 3. The molecule has 2 aliphatic rings. The number of nitrogens with zero attached hydrogens (tertiary/aromatic N) is 1. The van der Waals surface area contributed by atoms with E-state index in [1.165, 1.54) is 11.1 Å². The number of carbonyl (C=O) groups is 2. The van der Waals surface area contributed by atoms with Crippen molar-refractivity contribution in [3.05, 3.63) is 58.7 Å². The minimum Gasteiger partial charge on any atom is -0.344 e. The van der Waals surface area contributed by atoms with E-state index in [-0.39, 0.29) is 29.1 Å². The number of hydrogen-bond donors (Lipinski definition) is 1. The standard InChI is InChI=1S/C26H35ClN2O2/c1-17(2)23(28-24(30)20-8-6-18(3)7-9-20)25(31)29-15-14-22(26(4,5)16-29)19-10-12-21(27)13-11-19/h6-8,10-13,17,20,22-23H,9,14-16H2,1-5H3,(H,28,30)/t20?,22-,23-/m1/s1. The van der Waals surface area contributed by atoms with Crippen LogP contribution in [0.4, 0.5) is 0 Å². The van der Waals surface area contributed by atoms with E-state index in [0.717, 1.165) is 11.4 Å². The van der Waals surface area contributed by atoms with Gasteiger partial charge in [0.25, 0.3) is 0 Å². The normalized spacial score (nSPS) is 24.0. The Morgan fingerprint density at radius 2 is 1.87 bits per heavy atom. The fourth-order valence-corrected chi connectivity index (χ4v) is 4.88. The Morgan fingerprint density at radius 3 is 2.42 bits per heavy atom. The van der Waals surface area contributed by atoms with Gasteiger partial charge in [-0.25, -0.2) is 0 Å². The number of halogens is 1. The molecule has 0 aromatic heterocycles. The Morgan fingerprint density at radius 1 is 1.19 bits per heavy atom. The Bertz CT molecular complexity index is 870. The van der Waals surface area contributed by atoms with Gasteiger partial charge >= 0.3 is 0 Å². The molecule has 31 heavy (non-hydrogen) atoms. The zero-order chi connectivity index (χ0) is 22.8. The van der Waals surface area contributed by atoms with Crippen LogP contribution >= 0.6 is 11.6 Å². The maximum absolute atomic E-state index is 13.4. The summed E-state index contributed by atoms with van der Waals surface area (Å²) in [6.45, 7) is 11.8. The first-order valence-electron chi connectivity index (χ1n) is 11.3. The number of benzene rings is 1. The number of carbonyl (C=O) groups excluding carboxylic acids is 2. The van der Waals surface area contributed by atoms with Crippen LogP contribution in [0, 0.1) is 17.3 Å². The molecular weight excluding hydrogens is 408 g/mol. The molecule has 4 nitrogen and oxygen atoms in total. The van der Waals surface area contributed by atoms with Crippen molar-refractivity contribution >= 4 is 23.4 Å². The van der Waals surface area contributed by atoms with E-state index < -0.39 is 6.04 Å². The zero-order valence-electron chi connectivity index (χ0n) is 19.3. The third-order valence-electron chi connectivity index (χ3n) is 6.67. The first-order chi connectivity index (χ1) is 14.6. The number of piperidine rings is 1. The predicted octanol–water partition coefficient (Wildman–Crippen LogP) is 5.35. The van der Waals surface area contributed by atoms with Crippen molar-refractivity contribution in [2.75, 3.05) is 13.1 Å². The monoisotopic (exact) mass is 442 g/mol. The van der Waals surface area contributed by atoms with Gasteiger partial charge in [-0.05, 0) is 54.7 Å². The lowest BCUT2D eigenvalue weighted by atomic mass is 9.70. The molecule has 1 fully saturated rings. The van der Waals surface area contributed by atoms with E-state index in [1.807, 2.05) is 50.0 Å². The topological polar surface area (TPSA) is 49.4 Å². The summed E-state index contributed by atoms with van der Waals surface area (Å²) in [6.07, 6.45) is 7.57. The number of likely N-dealkylation sites (tertiary alicyclic amines) is 1. The average Bonchev–Trinajstić information content (AvgIpc) is 2.72. The second-order valence-corrected chi connectivity index (χ2v) is 10.5. The Hall–Kier alpha value is -2.07. The van der Waals surface area contributed by atoms with Crippen LogP contribution in [0.3, 0.4) is 0 Å². The second-order valence-electron chi connectivity index (χ2n) is 10.0. The SMILES string of the molecule is CC1=CCC(C(=O)N[C@@H](C(=O)N2CC[C@H](c3ccc(Cl)cc3)C(C)(C)C2)C(C)C)C=C1. The molecule has 1 aromatic carbocycles. The van der Waals surface area contributed by atoms with Crippen LogP contribution in [-0.2, 0) is 9.59 Å². The van der Waals surface area contributed by atoms with Gasteiger partial charge in [0.15, 0.2) is 0 Å². The molecule has 0 bridgehead atoms. The van der Waals surface area contributed by atoms with Gasteiger partial charge in [-0.1, -0.05) is 75.2 Å². The van der Waals surface area contributed by atoms with Crippen LogP contribution in [0.15, 0.2) is 48.1 Å². The predicted molar refractivity (Wildman–Crippen MR) is 127 cm³/mol. The van der Waals surface area contributed by atoms with Gasteiger partial charge in [-0.3, -0.25) is 9.59 Å². The molecule has 1 unspecified atom stereocenters. The molecule has 5 heteroatoms. The highest BCUT2D eigenvalue weighted by Crippen LogP contribution is 2.42. The van der Waals surface area contributed by atoms with Crippen molar-refractivity contribution in [3.63, 3.8) is 0 Å². The molecule has 2 amide bonds. The molecule has 1 aliphatic carbocycles. The lowest BCUT2D eigenvalue weighted by molar-refractivity contribution is -0.141. The van der Waals surface area contributed by atoms with Gasteiger partial charge in [-0.2, -0.15) is 0 Å². The van der Waals surface area contributed by atoms with E-state index in [1.54, 1.807) is 0 Å². The highest BCUT2D eigenvalue weighted by molar-refractivity contribution is 6.30. The van der Waals surface area contributed by atoms with Crippen molar-refractivity contribution < 1.29 is 9.59 Å². The van der Waals surface area contributed by atoms with Gasteiger partial charge in [-0.15, -0.1) is 0 Å². The Labute approximate surface area is 191 Å². The van der Waals surface area contributed by atoms with Crippen LogP contribution in [0.5, 0.6) is 0 Å². The van der Waals surface area contributed by atoms with E-state index in [0.29, 0.717) is 25.4 Å². The summed E-state index contributed by atoms with van der Waals surface area (Å²) in [5.74, 6) is 0.145. The highest BCUT2D eigenvalue weighted by Gasteiger charge is 2.40. The molecule has 168 valence electrons. The van der Waals surface area contributed by atoms with Crippen LogP contribution in [0.25, 0.3) is 0 Å². The molecule has 1 aromatic rings. The molecule has 1 N–H and O–H groups in total. The fourth-order valence-electron chi connectivity index (χ4n) is 4.75. The van der Waals surface area contributed by atoms with Gasteiger partial charge in [0.2, 0.25) is 11.8 Å². The summed E-state index contributed by atoms with van der Waals surface area (Å²) >= 11 is 6.06. The first kappa shape index (κ1) is 23.6. The van der Waals surface area contributed by atoms with E-state index in [2.05, 4.69) is 37.4 Å². The molecule has 3 rings (SSSR count). The maximum atomic E-state index is 13.4. The van der Waals surface area contributed by atoms with Crippen LogP contribution in [0.2, 0.25) is 5.02 Å². The largest absolute Gasteiger partial charge is 0.344 e. The lowest BCUT2D eigenvalue weighted by Crippen LogP contribution is -2.56. The quantitative estimate of drug-likeness (QED) is 0.668. The number of amides is 2. The summed E-state index contributed by atoms with van der Waals surface area (Å²) < 4.78 is 0. The molecule has 3 atom stereocenters. The van der Waals surface area contributed by atoms with E-state index in [9.17, 15) is 9.59 Å². The van der Waals surface area contributed by atoms with Gasteiger partial charge in [0.1, 0.15) is 6.04 Å². The zero-order valence-corrected chi connectivity index (χ0v) is 20.1. The lowest BCUT2D eigenvalue weighted by Gasteiger charge is -2.46. The molecule has 1 saturated heterocycles. The van der Waals surface area contributed by atoms with Crippen LogP contribution < -0.4 is 5.32 Å². The summed E-state index contributed by atoms with van der Waals surface area (Å²) in [7, 11) is 0. The molecule has 0 spiro atoms. The fraction of sp³-hybridized carbons (Fsp3) is 0.538. The van der Waals surface area contributed by atoms with Crippen LogP contribution in [-0.4, -0.2) is 35.8 Å². The molecule has 1 aliphatic heterocycles. The maximum Gasteiger partial charge on any atom is 0.245 e. The van der Waals surface area contributed by atoms with Gasteiger partial charge in [0.05, 0.1) is 5.92 Å². The molecule has 0 saturated carbocycles. The third kappa shape index (κ3) is 5.60. The summed E-state index contributed by atoms with van der Waals surface area (Å²) in [4.78, 5) is 28.2. The number of nitrogens with one attached hydrogen (secondary N) is 1. The van der Waals surface area contributed by atoms with Crippen molar-refractivity contribution in [2.45, 2.75) is 59.4 Å². The Balaban J connectivity index is 1.68. The Kier molecular flexibility index (Phi) is 7.31. The minimum atomic E-state index is -0.504. The minimum absolute atomic E-state index is 0.0255. The summed E-state index contributed by atoms with van der Waals surface area (Å²) in [6, 6.07) is 7.56. The van der Waals surface area contributed by atoms with E-state index in [4.69, 9.17) is 11.6 Å².